The molecule has 2 aromatic rings. The number of benzene rings is 1. The van der Waals surface area contributed by atoms with Gasteiger partial charge in [0.1, 0.15) is 5.58 Å². The molecule has 0 spiro atoms. The first kappa shape index (κ1) is 9.73. The lowest BCUT2D eigenvalue weighted by atomic mass is 10.1. The van der Waals surface area contributed by atoms with Crippen LogP contribution in [0.15, 0.2) is 33.5 Å². The van der Waals surface area contributed by atoms with E-state index >= 15 is 0 Å². The third-order valence-corrected chi connectivity index (χ3v) is 2.24. The van der Waals surface area contributed by atoms with Gasteiger partial charge in [0.05, 0.1) is 13.7 Å². The third kappa shape index (κ3) is 1.49. The second kappa shape index (κ2) is 3.74. The van der Waals surface area contributed by atoms with Gasteiger partial charge in [-0.25, -0.2) is 4.79 Å². The Morgan fingerprint density at radius 3 is 2.80 bits per heavy atom. The summed E-state index contributed by atoms with van der Waals surface area (Å²) in [7, 11) is 1.38. The number of hydrogen-bond donors (Lipinski definition) is 1. The molecule has 0 saturated heterocycles. The van der Waals surface area contributed by atoms with Crippen molar-refractivity contribution >= 4 is 11.0 Å². The summed E-state index contributed by atoms with van der Waals surface area (Å²) >= 11 is 0. The number of aliphatic hydroxyl groups excluding tert-OH is 1. The predicted molar refractivity (Wildman–Crippen MR) is 55.0 cm³/mol. The number of fused-ring (bicyclic) bond motifs is 1. The van der Waals surface area contributed by atoms with Crippen molar-refractivity contribution in [3.05, 3.63) is 40.2 Å². The summed E-state index contributed by atoms with van der Waals surface area (Å²) in [5, 5.41) is 9.90. The number of ether oxygens (including phenoxy) is 1. The molecule has 1 aromatic carbocycles. The summed E-state index contributed by atoms with van der Waals surface area (Å²) in [5.74, 6) is 0.0659. The lowest BCUT2D eigenvalue weighted by Crippen LogP contribution is -2.08. The van der Waals surface area contributed by atoms with E-state index < -0.39 is 5.63 Å². The Hall–Kier alpha value is -1.81. The Kier molecular flexibility index (Phi) is 2.43. The average molecular weight is 206 g/mol. The Morgan fingerprint density at radius 1 is 1.40 bits per heavy atom. The molecule has 0 aliphatic carbocycles. The van der Waals surface area contributed by atoms with Gasteiger partial charge in [-0.05, 0) is 6.07 Å². The molecular formula is C11H10O4. The number of methoxy groups -OCH3 is 1. The topological polar surface area (TPSA) is 59.7 Å². The van der Waals surface area contributed by atoms with E-state index in [0.29, 0.717) is 16.5 Å². The number of aliphatic hydroxyl groups is 1. The Bertz CT molecular complexity index is 542. The van der Waals surface area contributed by atoms with Crippen LogP contribution in [-0.4, -0.2) is 12.2 Å². The van der Waals surface area contributed by atoms with E-state index in [1.807, 2.05) is 0 Å². The number of rotatable bonds is 2. The summed E-state index contributed by atoms with van der Waals surface area (Å²) in [4.78, 5) is 11.4. The van der Waals surface area contributed by atoms with E-state index in [2.05, 4.69) is 0 Å². The highest BCUT2D eigenvalue weighted by atomic mass is 16.5. The highest BCUT2D eigenvalue weighted by molar-refractivity contribution is 5.81. The van der Waals surface area contributed by atoms with Crippen LogP contribution in [0.25, 0.3) is 11.0 Å². The van der Waals surface area contributed by atoms with Gasteiger partial charge in [0.2, 0.25) is 5.75 Å². The minimum atomic E-state index is -0.569. The quantitative estimate of drug-likeness (QED) is 0.752. The van der Waals surface area contributed by atoms with E-state index in [9.17, 15) is 9.90 Å². The van der Waals surface area contributed by atoms with Crippen molar-refractivity contribution < 1.29 is 14.3 Å². The number of para-hydroxylation sites is 1. The molecule has 0 unspecified atom stereocenters. The zero-order chi connectivity index (χ0) is 10.8. The van der Waals surface area contributed by atoms with Gasteiger partial charge < -0.3 is 14.3 Å². The van der Waals surface area contributed by atoms with Crippen molar-refractivity contribution in [3.8, 4) is 5.75 Å². The first-order valence-corrected chi connectivity index (χ1v) is 4.47. The maximum atomic E-state index is 11.4. The Morgan fingerprint density at radius 2 is 2.13 bits per heavy atom. The number of hydrogen-bond acceptors (Lipinski definition) is 4. The van der Waals surface area contributed by atoms with Gasteiger partial charge in [-0.1, -0.05) is 18.2 Å². The highest BCUT2D eigenvalue weighted by Gasteiger charge is 2.13. The van der Waals surface area contributed by atoms with Gasteiger partial charge in [0, 0.05) is 10.9 Å². The van der Waals surface area contributed by atoms with E-state index in [1.54, 1.807) is 24.3 Å². The van der Waals surface area contributed by atoms with Crippen LogP contribution in [0.3, 0.4) is 0 Å². The van der Waals surface area contributed by atoms with Gasteiger partial charge in [0.15, 0.2) is 0 Å². The van der Waals surface area contributed by atoms with E-state index in [1.165, 1.54) is 7.11 Å². The molecule has 1 heterocycles. The van der Waals surface area contributed by atoms with Gasteiger partial charge in [0.25, 0.3) is 0 Å². The van der Waals surface area contributed by atoms with E-state index in [4.69, 9.17) is 9.15 Å². The third-order valence-electron chi connectivity index (χ3n) is 2.24. The molecule has 1 aromatic heterocycles. The van der Waals surface area contributed by atoms with Crippen LogP contribution in [-0.2, 0) is 6.61 Å². The monoisotopic (exact) mass is 206 g/mol. The lowest BCUT2D eigenvalue weighted by Gasteiger charge is -2.07. The zero-order valence-electron chi connectivity index (χ0n) is 8.19. The van der Waals surface area contributed by atoms with Gasteiger partial charge >= 0.3 is 5.63 Å². The maximum Gasteiger partial charge on any atom is 0.379 e. The molecule has 4 nitrogen and oxygen atoms in total. The van der Waals surface area contributed by atoms with Gasteiger partial charge in [-0.3, -0.25) is 0 Å². The highest BCUT2D eigenvalue weighted by Crippen LogP contribution is 2.23. The normalized spacial score (nSPS) is 10.5. The fourth-order valence-electron chi connectivity index (χ4n) is 1.56. The fraction of sp³-hybridized carbons (Fsp3) is 0.182. The van der Waals surface area contributed by atoms with Crippen LogP contribution < -0.4 is 10.4 Å². The zero-order valence-corrected chi connectivity index (χ0v) is 8.19. The molecule has 0 atom stereocenters. The van der Waals surface area contributed by atoms with Crippen LogP contribution in [0.5, 0.6) is 5.75 Å². The molecule has 0 fully saturated rings. The van der Waals surface area contributed by atoms with Crippen LogP contribution in [0, 0.1) is 0 Å². The molecular weight excluding hydrogens is 196 g/mol. The first-order valence-electron chi connectivity index (χ1n) is 4.47. The molecule has 2 rings (SSSR count). The van der Waals surface area contributed by atoms with Crippen molar-refractivity contribution in [1.29, 1.82) is 0 Å². The Labute approximate surface area is 85.7 Å². The van der Waals surface area contributed by atoms with Crippen molar-refractivity contribution in [1.82, 2.24) is 0 Å². The van der Waals surface area contributed by atoms with Crippen molar-refractivity contribution in [2.75, 3.05) is 7.11 Å². The smallest absolute Gasteiger partial charge is 0.379 e. The van der Waals surface area contributed by atoms with Crippen molar-refractivity contribution in [2.24, 2.45) is 0 Å². The summed E-state index contributed by atoms with van der Waals surface area (Å²) in [6.07, 6.45) is 0. The maximum absolute atomic E-state index is 11.4. The second-order valence-electron chi connectivity index (χ2n) is 3.06. The minimum absolute atomic E-state index is 0.0659. The minimum Gasteiger partial charge on any atom is -0.490 e. The van der Waals surface area contributed by atoms with Crippen LogP contribution in [0.2, 0.25) is 0 Å². The largest absolute Gasteiger partial charge is 0.490 e. The molecule has 4 heteroatoms. The fourth-order valence-corrected chi connectivity index (χ4v) is 1.56. The molecule has 0 saturated carbocycles. The van der Waals surface area contributed by atoms with E-state index in [-0.39, 0.29) is 12.4 Å². The van der Waals surface area contributed by atoms with Gasteiger partial charge in [-0.2, -0.15) is 0 Å². The standard InChI is InChI=1S/C11H10O4/c1-14-10-8(6-12)7-4-2-3-5-9(7)15-11(10)13/h2-5,12H,6H2,1H3. The summed E-state index contributed by atoms with van der Waals surface area (Å²) in [5.41, 5.74) is 0.344. The Balaban J connectivity index is 2.91. The van der Waals surface area contributed by atoms with Crippen LogP contribution in [0.1, 0.15) is 5.56 Å². The molecule has 0 amide bonds. The van der Waals surface area contributed by atoms with Crippen LogP contribution in [0.4, 0.5) is 0 Å². The summed E-state index contributed by atoms with van der Waals surface area (Å²) in [6.45, 7) is -0.255. The molecule has 1 N–H and O–H groups in total. The molecule has 0 radical (unpaired) electrons. The van der Waals surface area contributed by atoms with Gasteiger partial charge in [-0.15, -0.1) is 0 Å². The van der Waals surface area contributed by atoms with Crippen LogP contribution >= 0.6 is 0 Å². The molecule has 0 bridgehead atoms. The molecule has 0 aliphatic rings. The second-order valence-corrected chi connectivity index (χ2v) is 3.06. The average Bonchev–Trinajstić information content (AvgIpc) is 2.27. The van der Waals surface area contributed by atoms with Crippen molar-refractivity contribution in [2.45, 2.75) is 6.61 Å². The summed E-state index contributed by atoms with van der Waals surface area (Å²) in [6, 6.07) is 7.02. The SMILES string of the molecule is COc1c(CO)c2ccccc2oc1=O. The lowest BCUT2D eigenvalue weighted by molar-refractivity contribution is 0.272. The molecule has 78 valence electrons. The summed E-state index contributed by atoms with van der Waals surface area (Å²) < 4.78 is 9.94. The van der Waals surface area contributed by atoms with Crippen molar-refractivity contribution in [3.63, 3.8) is 0 Å². The van der Waals surface area contributed by atoms with E-state index in [0.717, 1.165) is 0 Å². The predicted octanol–water partition coefficient (Wildman–Crippen LogP) is 1.29. The molecule has 15 heavy (non-hydrogen) atoms. The first-order chi connectivity index (χ1) is 7.27. The molecule has 0 aliphatic heterocycles.